The van der Waals surface area contributed by atoms with E-state index in [-0.39, 0.29) is 17.2 Å². The third-order valence-corrected chi connectivity index (χ3v) is 6.71. The smallest absolute Gasteiger partial charge is 0.233 e. The Kier molecular flexibility index (Phi) is 5.64. The molecule has 0 aliphatic rings. The minimum Gasteiger partial charge on any atom is -0.353 e. The average molecular weight is 411 g/mol. The van der Waals surface area contributed by atoms with E-state index >= 15 is 0 Å². The molecule has 28 heavy (non-hydrogen) atoms. The lowest BCUT2D eigenvalue weighted by Crippen LogP contribution is -2.37. The third-order valence-electron chi connectivity index (χ3n) is 4.66. The summed E-state index contributed by atoms with van der Waals surface area (Å²) in [5.41, 5.74) is 2.38. The van der Waals surface area contributed by atoms with Gasteiger partial charge in [-0.25, -0.2) is 0 Å². The molecule has 5 nitrogen and oxygen atoms in total. The fraction of sp³-hybridized carbons (Fsp3) is 0.286. The monoisotopic (exact) mass is 410 g/mol. The van der Waals surface area contributed by atoms with Crippen LogP contribution in [-0.4, -0.2) is 31.8 Å². The summed E-state index contributed by atoms with van der Waals surface area (Å²) in [5.74, 6) is 0.0295. The van der Waals surface area contributed by atoms with Gasteiger partial charge in [0.1, 0.15) is 0 Å². The van der Waals surface area contributed by atoms with E-state index in [1.165, 1.54) is 22.0 Å². The number of carbonyl (C=O) groups is 1. The largest absolute Gasteiger partial charge is 0.353 e. The van der Waals surface area contributed by atoms with Crippen molar-refractivity contribution in [2.45, 2.75) is 43.1 Å². The molecular formula is C21H22N4OS2. The number of nitrogens with zero attached hydrogens (tertiary/aromatic N) is 3. The maximum Gasteiger partial charge on any atom is 0.233 e. The predicted molar refractivity (Wildman–Crippen MR) is 116 cm³/mol. The van der Waals surface area contributed by atoms with E-state index in [0.29, 0.717) is 0 Å². The molecule has 7 heteroatoms. The molecule has 0 aliphatic heterocycles. The van der Waals surface area contributed by atoms with Crippen molar-refractivity contribution in [3.63, 3.8) is 0 Å². The number of carbonyl (C=O) groups excluding carboxylic acids is 1. The number of aromatic nitrogens is 3. The number of para-hydroxylation sites is 1. The molecule has 0 radical (unpaired) electrons. The SMILES string of the molecule is CC(CCc1ccccc1)NC(=O)C(C)Sc1nnc2sc3ccccc3n12. The highest BCUT2D eigenvalue weighted by atomic mass is 32.2. The Morgan fingerprint density at radius 1 is 1.11 bits per heavy atom. The van der Waals surface area contributed by atoms with E-state index in [0.717, 1.165) is 28.5 Å². The van der Waals surface area contributed by atoms with Crippen LogP contribution in [0.15, 0.2) is 59.8 Å². The zero-order valence-corrected chi connectivity index (χ0v) is 17.5. The highest BCUT2D eigenvalue weighted by molar-refractivity contribution is 8.00. The number of aryl methyl sites for hydroxylation is 1. The van der Waals surface area contributed by atoms with Crippen molar-refractivity contribution in [3.8, 4) is 0 Å². The molecular weight excluding hydrogens is 388 g/mol. The van der Waals surface area contributed by atoms with Gasteiger partial charge in [0.05, 0.1) is 15.5 Å². The van der Waals surface area contributed by atoms with Crippen LogP contribution in [-0.2, 0) is 11.2 Å². The van der Waals surface area contributed by atoms with Gasteiger partial charge in [0, 0.05) is 6.04 Å². The van der Waals surface area contributed by atoms with Gasteiger partial charge in [-0.05, 0) is 44.4 Å². The first kappa shape index (κ1) is 19.0. The molecule has 4 aromatic rings. The lowest BCUT2D eigenvalue weighted by Gasteiger charge is -2.17. The molecule has 0 saturated heterocycles. The molecule has 0 fully saturated rings. The molecule has 0 spiro atoms. The van der Waals surface area contributed by atoms with Gasteiger partial charge in [-0.3, -0.25) is 9.20 Å². The van der Waals surface area contributed by atoms with Crippen molar-refractivity contribution in [2.75, 3.05) is 0 Å². The summed E-state index contributed by atoms with van der Waals surface area (Å²) in [6.07, 6.45) is 1.87. The standard InChI is InChI=1S/C21H22N4OS2/c1-14(12-13-16-8-4-3-5-9-16)22-19(26)15(2)27-20-23-24-21-25(20)17-10-6-7-11-18(17)28-21/h3-11,14-15H,12-13H2,1-2H3,(H,22,26). The van der Waals surface area contributed by atoms with E-state index < -0.39 is 0 Å². The quantitative estimate of drug-likeness (QED) is 0.454. The van der Waals surface area contributed by atoms with Gasteiger partial charge in [0.25, 0.3) is 0 Å². The summed E-state index contributed by atoms with van der Waals surface area (Å²) < 4.78 is 3.20. The van der Waals surface area contributed by atoms with Gasteiger partial charge in [-0.1, -0.05) is 65.6 Å². The Hall–Kier alpha value is -2.38. The normalized spacial score (nSPS) is 13.6. The van der Waals surface area contributed by atoms with Crippen LogP contribution in [0.25, 0.3) is 15.2 Å². The van der Waals surface area contributed by atoms with Gasteiger partial charge in [0.2, 0.25) is 10.9 Å². The van der Waals surface area contributed by atoms with E-state index in [4.69, 9.17) is 0 Å². The molecule has 0 bridgehead atoms. The van der Waals surface area contributed by atoms with Crippen LogP contribution in [0.5, 0.6) is 0 Å². The summed E-state index contributed by atoms with van der Waals surface area (Å²) in [6, 6.07) is 18.6. The average Bonchev–Trinajstić information content (AvgIpc) is 3.27. The first-order chi connectivity index (χ1) is 13.6. The second kappa shape index (κ2) is 8.32. The summed E-state index contributed by atoms with van der Waals surface area (Å²) in [5, 5.41) is 12.2. The number of thioether (sulfide) groups is 1. The zero-order valence-electron chi connectivity index (χ0n) is 15.8. The van der Waals surface area contributed by atoms with Crippen molar-refractivity contribution >= 4 is 44.2 Å². The van der Waals surface area contributed by atoms with Gasteiger partial charge in [-0.15, -0.1) is 10.2 Å². The van der Waals surface area contributed by atoms with Crippen LogP contribution in [0.2, 0.25) is 0 Å². The molecule has 1 N–H and O–H groups in total. The maximum absolute atomic E-state index is 12.6. The van der Waals surface area contributed by atoms with E-state index in [1.807, 2.05) is 41.7 Å². The Labute approximate surface area is 172 Å². The molecule has 2 aromatic carbocycles. The number of fused-ring (bicyclic) bond motifs is 3. The topological polar surface area (TPSA) is 59.3 Å². The summed E-state index contributed by atoms with van der Waals surface area (Å²) >= 11 is 3.06. The third kappa shape index (κ3) is 4.05. The highest BCUT2D eigenvalue weighted by Crippen LogP contribution is 2.31. The molecule has 0 aliphatic carbocycles. The summed E-state index contributed by atoms with van der Waals surface area (Å²) in [6.45, 7) is 3.97. The van der Waals surface area contributed by atoms with E-state index in [1.54, 1.807) is 11.3 Å². The minimum atomic E-state index is -0.245. The molecule has 0 saturated carbocycles. The number of hydrogen-bond donors (Lipinski definition) is 1. The van der Waals surface area contributed by atoms with Crippen LogP contribution in [0.3, 0.4) is 0 Å². The van der Waals surface area contributed by atoms with Crippen molar-refractivity contribution < 1.29 is 4.79 Å². The predicted octanol–water partition coefficient (Wildman–Crippen LogP) is 4.56. The fourth-order valence-electron chi connectivity index (χ4n) is 3.10. The number of thiazole rings is 1. The molecule has 2 atom stereocenters. The lowest BCUT2D eigenvalue weighted by molar-refractivity contribution is -0.120. The molecule has 1 amide bonds. The Balaban J connectivity index is 1.38. The van der Waals surface area contributed by atoms with Crippen molar-refractivity contribution in [2.24, 2.45) is 0 Å². The highest BCUT2D eigenvalue weighted by Gasteiger charge is 2.21. The van der Waals surface area contributed by atoms with E-state index in [2.05, 4.69) is 46.7 Å². The number of nitrogens with one attached hydrogen (secondary N) is 1. The van der Waals surface area contributed by atoms with Crippen LogP contribution >= 0.6 is 23.1 Å². The first-order valence-electron chi connectivity index (χ1n) is 9.35. The van der Waals surface area contributed by atoms with Crippen LogP contribution in [0.4, 0.5) is 0 Å². The second-order valence-electron chi connectivity index (χ2n) is 6.86. The summed E-state index contributed by atoms with van der Waals surface area (Å²) in [4.78, 5) is 13.5. The van der Waals surface area contributed by atoms with Crippen LogP contribution in [0.1, 0.15) is 25.8 Å². The van der Waals surface area contributed by atoms with Crippen LogP contribution in [0, 0.1) is 0 Å². The van der Waals surface area contributed by atoms with Crippen molar-refractivity contribution in [1.29, 1.82) is 0 Å². The fourth-order valence-corrected chi connectivity index (χ4v) is 5.00. The molecule has 144 valence electrons. The Morgan fingerprint density at radius 3 is 2.68 bits per heavy atom. The van der Waals surface area contributed by atoms with Gasteiger partial charge >= 0.3 is 0 Å². The number of amides is 1. The first-order valence-corrected chi connectivity index (χ1v) is 11.0. The van der Waals surface area contributed by atoms with Crippen LogP contribution < -0.4 is 5.32 Å². The second-order valence-corrected chi connectivity index (χ2v) is 9.18. The maximum atomic E-state index is 12.6. The van der Waals surface area contributed by atoms with Gasteiger partial charge in [-0.2, -0.15) is 0 Å². The summed E-state index contributed by atoms with van der Waals surface area (Å²) in [7, 11) is 0. The minimum absolute atomic E-state index is 0.0295. The number of benzene rings is 2. The van der Waals surface area contributed by atoms with Gasteiger partial charge in [0.15, 0.2) is 5.16 Å². The molecule has 4 rings (SSSR count). The lowest BCUT2D eigenvalue weighted by atomic mass is 10.1. The zero-order chi connectivity index (χ0) is 19.5. The Bertz CT molecular complexity index is 1090. The Morgan fingerprint density at radius 2 is 1.86 bits per heavy atom. The number of rotatable bonds is 7. The molecule has 2 aromatic heterocycles. The molecule has 2 unspecified atom stereocenters. The van der Waals surface area contributed by atoms with E-state index in [9.17, 15) is 4.79 Å². The van der Waals surface area contributed by atoms with Crippen molar-refractivity contribution in [1.82, 2.24) is 19.9 Å². The van der Waals surface area contributed by atoms with Crippen molar-refractivity contribution in [3.05, 3.63) is 60.2 Å². The number of hydrogen-bond acceptors (Lipinski definition) is 5. The van der Waals surface area contributed by atoms with Gasteiger partial charge < -0.3 is 5.32 Å². The molecule has 2 heterocycles.